The highest BCUT2D eigenvalue weighted by molar-refractivity contribution is 5.85. The lowest BCUT2D eigenvalue weighted by Crippen LogP contribution is -2.43. The van der Waals surface area contributed by atoms with Crippen LogP contribution in [0.25, 0.3) is 0 Å². The van der Waals surface area contributed by atoms with Gasteiger partial charge in [0.15, 0.2) is 6.04 Å². The SMILES string of the molecule is O=C(O)C1c2ccccc2CCN1C(=O)CCC1CC1. The van der Waals surface area contributed by atoms with E-state index in [0.717, 1.165) is 24.0 Å². The van der Waals surface area contributed by atoms with Gasteiger partial charge in [-0.2, -0.15) is 0 Å². The molecule has 1 saturated carbocycles. The summed E-state index contributed by atoms with van der Waals surface area (Å²) in [5.74, 6) is -0.255. The molecule has 1 heterocycles. The van der Waals surface area contributed by atoms with Crippen molar-refractivity contribution in [2.45, 2.75) is 38.1 Å². The van der Waals surface area contributed by atoms with E-state index in [1.165, 1.54) is 12.8 Å². The second-order valence-corrected chi connectivity index (χ2v) is 5.76. The van der Waals surface area contributed by atoms with Gasteiger partial charge in [0.1, 0.15) is 0 Å². The van der Waals surface area contributed by atoms with Crippen LogP contribution in [-0.2, 0) is 16.0 Å². The van der Waals surface area contributed by atoms with Crippen LogP contribution >= 0.6 is 0 Å². The first-order valence-corrected chi connectivity index (χ1v) is 7.27. The van der Waals surface area contributed by atoms with Gasteiger partial charge in [-0.15, -0.1) is 0 Å². The Morgan fingerprint density at radius 2 is 2.00 bits per heavy atom. The number of hydrogen-bond acceptors (Lipinski definition) is 2. The molecule has 20 heavy (non-hydrogen) atoms. The molecule has 0 radical (unpaired) electrons. The quantitative estimate of drug-likeness (QED) is 0.916. The molecule has 1 aliphatic carbocycles. The monoisotopic (exact) mass is 273 g/mol. The van der Waals surface area contributed by atoms with E-state index in [-0.39, 0.29) is 5.91 Å². The summed E-state index contributed by atoms with van der Waals surface area (Å²) in [5.41, 5.74) is 1.82. The van der Waals surface area contributed by atoms with Gasteiger partial charge in [-0.1, -0.05) is 37.1 Å². The Bertz CT molecular complexity index is 536. The fraction of sp³-hybridized carbons (Fsp3) is 0.500. The number of rotatable bonds is 4. The van der Waals surface area contributed by atoms with Crippen LogP contribution in [0.15, 0.2) is 24.3 Å². The summed E-state index contributed by atoms with van der Waals surface area (Å²) in [7, 11) is 0. The number of carbonyl (C=O) groups is 2. The summed E-state index contributed by atoms with van der Waals surface area (Å²) in [4.78, 5) is 25.5. The van der Waals surface area contributed by atoms with Crippen LogP contribution < -0.4 is 0 Å². The zero-order valence-electron chi connectivity index (χ0n) is 11.4. The number of hydrogen-bond donors (Lipinski definition) is 1. The van der Waals surface area contributed by atoms with Crippen molar-refractivity contribution >= 4 is 11.9 Å². The van der Waals surface area contributed by atoms with Crippen LogP contribution in [0.4, 0.5) is 0 Å². The molecule has 3 rings (SSSR count). The highest BCUT2D eigenvalue weighted by atomic mass is 16.4. The molecule has 4 heteroatoms. The zero-order valence-corrected chi connectivity index (χ0v) is 11.4. The number of amides is 1. The Morgan fingerprint density at radius 1 is 1.25 bits per heavy atom. The van der Waals surface area contributed by atoms with Crippen molar-refractivity contribution in [3.8, 4) is 0 Å². The van der Waals surface area contributed by atoms with Crippen molar-refractivity contribution in [3.63, 3.8) is 0 Å². The van der Waals surface area contributed by atoms with Crippen molar-refractivity contribution in [2.75, 3.05) is 6.54 Å². The Morgan fingerprint density at radius 3 is 2.70 bits per heavy atom. The van der Waals surface area contributed by atoms with Crippen LogP contribution in [0.3, 0.4) is 0 Å². The fourth-order valence-electron chi connectivity index (χ4n) is 2.98. The molecule has 0 aromatic heterocycles. The van der Waals surface area contributed by atoms with Crippen molar-refractivity contribution in [3.05, 3.63) is 35.4 Å². The maximum Gasteiger partial charge on any atom is 0.331 e. The van der Waals surface area contributed by atoms with Crippen LogP contribution in [-0.4, -0.2) is 28.4 Å². The van der Waals surface area contributed by atoms with E-state index in [0.29, 0.717) is 18.9 Å². The standard InChI is InChI=1S/C16H19NO3/c18-14(8-7-11-5-6-11)17-10-9-12-3-1-2-4-13(12)15(17)16(19)20/h1-4,11,15H,5-10H2,(H,19,20). The first-order chi connectivity index (χ1) is 9.66. The lowest BCUT2D eigenvalue weighted by molar-refractivity contribution is -0.151. The first kappa shape index (κ1) is 13.2. The zero-order chi connectivity index (χ0) is 14.1. The fourth-order valence-corrected chi connectivity index (χ4v) is 2.98. The van der Waals surface area contributed by atoms with Crippen LogP contribution in [0.5, 0.6) is 0 Å². The van der Waals surface area contributed by atoms with Gasteiger partial charge in [0, 0.05) is 13.0 Å². The summed E-state index contributed by atoms with van der Waals surface area (Å²) in [6.07, 6.45) is 4.58. The number of benzene rings is 1. The number of nitrogens with zero attached hydrogens (tertiary/aromatic N) is 1. The number of fused-ring (bicyclic) bond motifs is 1. The van der Waals surface area contributed by atoms with E-state index < -0.39 is 12.0 Å². The molecule has 1 aromatic rings. The molecule has 0 saturated heterocycles. The third-order valence-corrected chi connectivity index (χ3v) is 4.30. The average molecular weight is 273 g/mol. The third-order valence-electron chi connectivity index (χ3n) is 4.30. The van der Waals surface area contributed by atoms with Gasteiger partial charge in [-0.25, -0.2) is 4.79 Å². The van der Waals surface area contributed by atoms with Gasteiger partial charge in [0.25, 0.3) is 0 Å². The second kappa shape index (κ2) is 5.27. The Hall–Kier alpha value is -1.84. The maximum absolute atomic E-state index is 12.3. The molecule has 0 bridgehead atoms. The predicted molar refractivity (Wildman–Crippen MR) is 74.2 cm³/mol. The maximum atomic E-state index is 12.3. The number of aliphatic carboxylic acids is 1. The lowest BCUT2D eigenvalue weighted by atomic mass is 9.92. The number of carbonyl (C=O) groups excluding carboxylic acids is 1. The van der Waals surface area contributed by atoms with Gasteiger partial charge in [-0.05, 0) is 29.9 Å². The summed E-state index contributed by atoms with van der Waals surface area (Å²) in [5, 5.41) is 9.50. The molecule has 1 unspecified atom stereocenters. The second-order valence-electron chi connectivity index (χ2n) is 5.76. The van der Waals surface area contributed by atoms with Gasteiger partial charge >= 0.3 is 5.97 Å². The molecule has 2 aliphatic rings. The third kappa shape index (κ3) is 2.55. The molecule has 1 fully saturated rings. The smallest absolute Gasteiger partial charge is 0.331 e. The Labute approximate surface area is 118 Å². The van der Waals surface area contributed by atoms with Crippen molar-refractivity contribution in [2.24, 2.45) is 5.92 Å². The van der Waals surface area contributed by atoms with Gasteiger partial charge in [0.05, 0.1) is 0 Å². The topological polar surface area (TPSA) is 57.6 Å². The molecule has 1 atom stereocenters. The van der Waals surface area contributed by atoms with E-state index >= 15 is 0 Å². The summed E-state index contributed by atoms with van der Waals surface area (Å²) in [6, 6.07) is 6.73. The normalized spacial score (nSPS) is 21.4. The molecule has 106 valence electrons. The van der Waals surface area contributed by atoms with E-state index in [2.05, 4.69) is 0 Å². The first-order valence-electron chi connectivity index (χ1n) is 7.27. The van der Waals surface area contributed by atoms with Crippen LogP contribution in [0, 0.1) is 5.92 Å². The van der Waals surface area contributed by atoms with Gasteiger partial charge < -0.3 is 10.0 Å². The lowest BCUT2D eigenvalue weighted by Gasteiger charge is -2.34. The van der Waals surface area contributed by atoms with E-state index in [4.69, 9.17) is 0 Å². The molecule has 1 aliphatic heterocycles. The molecule has 1 amide bonds. The molecule has 1 aromatic carbocycles. The van der Waals surface area contributed by atoms with Crippen molar-refractivity contribution in [1.82, 2.24) is 4.90 Å². The Balaban J connectivity index is 1.80. The van der Waals surface area contributed by atoms with Crippen molar-refractivity contribution < 1.29 is 14.7 Å². The largest absolute Gasteiger partial charge is 0.479 e. The highest BCUT2D eigenvalue weighted by Crippen LogP contribution is 2.35. The van der Waals surface area contributed by atoms with E-state index in [1.54, 1.807) is 4.90 Å². The van der Waals surface area contributed by atoms with E-state index in [1.807, 2.05) is 24.3 Å². The molecule has 0 spiro atoms. The highest BCUT2D eigenvalue weighted by Gasteiger charge is 2.36. The molecular formula is C16H19NO3. The molecule has 4 nitrogen and oxygen atoms in total. The van der Waals surface area contributed by atoms with Crippen LogP contribution in [0.2, 0.25) is 0 Å². The summed E-state index contributed by atoms with van der Waals surface area (Å²) < 4.78 is 0. The molecular weight excluding hydrogens is 254 g/mol. The minimum Gasteiger partial charge on any atom is -0.479 e. The molecule has 1 N–H and O–H groups in total. The minimum atomic E-state index is -0.933. The van der Waals surface area contributed by atoms with Gasteiger partial charge in [-0.3, -0.25) is 4.79 Å². The minimum absolute atomic E-state index is 0.0150. The Kier molecular flexibility index (Phi) is 3.47. The average Bonchev–Trinajstić information content (AvgIpc) is 3.27. The van der Waals surface area contributed by atoms with Crippen LogP contribution in [0.1, 0.15) is 42.9 Å². The van der Waals surface area contributed by atoms with Crippen molar-refractivity contribution in [1.29, 1.82) is 0 Å². The number of carboxylic acids is 1. The summed E-state index contributed by atoms with van der Waals surface area (Å²) >= 11 is 0. The summed E-state index contributed by atoms with van der Waals surface area (Å²) in [6.45, 7) is 0.511. The van der Waals surface area contributed by atoms with Gasteiger partial charge in [0.2, 0.25) is 5.91 Å². The number of carboxylic acid groups (broad SMARTS) is 1. The van der Waals surface area contributed by atoms with E-state index in [9.17, 15) is 14.7 Å². The predicted octanol–water partition coefficient (Wildman–Crippen LogP) is 2.39.